The second-order valence-electron chi connectivity index (χ2n) is 5.92. The number of rotatable bonds is 3. The van der Waals surface area contributed by atoms with Gasteiger partial charge in [0.2, 0.25) is 0 Å². The van der Waals surface area contributed by atoms with Crippen molar-refractivity contribution in [1.29, 1.82) is 0 Å². The van der Waals surface area contributed by atoms with Crippen LogP contribution in [0.3, 0.4) is 0 Å². The van der Waals surface area contributed by atoms with Gasteiger partial charge in [-0.1, -0.05) is 60.7 Å². The van der Waals surface area contributed by atoms with E-state index in [0.29, 0.717) is 16.9 Å². The normalized spacial score (nSPS) is 11.2. The number of benzene rings is 4. The van der Waals surface area contributed by atoms with Gasteiger partial charge in [-0.3, -0.25) is 0 Å². The fraction of sp³-hybridized carbons (Fsp3) is 0. The van der Waals surface area contributed by atoms with Crippen molar-refractivity contribution in [2.75, 3.05) is 0 Å². The first-order valence-corrected chi connectivity index (χ1v) is 8.23. The molecule has 0 aliphatic rings. The van der Waals surface area contributed by atoms with Gasteiger partial charge in [-0.15, -0.1) is 5.11 Å². The lowest BCUT2D eigenvalue weighted by Crippen LogP contribution is -1.78. The lowest BCUT2D eigenvalue weighted by molar-refractivity contribution is 0.476. The number of hydrogen-bond donors (Lipinski definition) is 2. The standard InChI is InChI=1S/C22H16N2O2/c25-20-13-11-17(14-19(20)15-6-2-1-3-7-15)23-24-22-18-9-5-4-8-16(18)10-12-21(22)26/h1-14,25-26H. The van der Waals surface area contributed by atoms with Crippen LogP contribution in [-0.4, -0.2) is 10.2 Å². The Morgan fingerprint density at radius 2 is 1.35 bits per heavy atom. The van der Waals surface area contributed by atoms with Crippen molar-refractivity contribution in [1.82, 2.24) is 0 Å². The van der Waals surface area contributed by atoms with Gasteiger partial charge in [-0.25, -0.2) is 0 Å². The third kappa shape index (κ3) is 3.00. The topological polar surface area (TPSA) is 65.2 Å². The van der Waals surface area contributed by atoms with Crippen molar-refractivity contribution in [3.63, 3.8) is 0 Å². The SMILES string of the molecule is Oc1ccc(N=Nc2c(O)ccc3ccccc23)cc1-c1ccccc1. The van der Waals surface area contributed by atoms with Gasteiger partial charge in [0.15, 0.2) is 0 Å². The molecule has 0 aromatic heterocycles. The van der Waals surface area contributed by atoms with Gasteiger partial charge in [0.1, 0.15) is 17.2 Å². The first-order chi connectivity index (χ1) is 12.7. The zero-order chi connectivity index (χ0) is 17.9. The van der Waals surface area contributed by atoms with Crippen LogP contribution in [0.15, 0.2) is 95.2 Å². The van der Waals surface area contributed by atoms with Crippen LogP contribution < -0.4 is 0 Å². The molecule has 2 N–H and O–H groups in total. The minimum atomic E-state index is 0.0783. The molecule has 0 amide bonds. The van der Waals surface area contributed by atoms with E-state index in [1.807, 2.05) is 60.7 Å². The van der Waals surface area contributed by atoms with Crippen molar-refractivity contribution in [3.8, 4) is 22.6 Å². The molecule has 4 rings (SSSR count). The summed E-state index contributed by atoms with van der Waals surface area (Å²) in [6, 6.07) is 25.8. The van der Waals surface area contributed by atoms with Gasteiger partial charge < -0.3 is 10.2 Å². The zero-order valence-corrected chi connectivity index (χ0v) is 13.9. The van der Waals surface area contributed by atoms with E-state index in [4.69, 9.17) is 0 Å². The molecular formula is C22H16N2O2. The summed E-state index contributed by atoms with van der Waals surface area (Å²) in [5, 5.41) is 30.7. The van der Waals surface area contributed by atoms with Crippen LogP contribution >= 0.6 is 0 Å². The van der Waals surface area contributed by atoms with E-state index in [1.54, 1.807) is 24.3 Å². The Hall–Kier alpha value is -3.66. The number of nitrogens with zero attached hydrogens (tertiary/aromatic N) is 2. The zero-order valence-electron chi connectivity index (χ0n) is 13.9. The summed E-state index contributed by atoms with van der Waals surface area (Å²) >= 11 is 0. The first kappa shape index (κ1) is 15.8. The Morgan fingerprint density at radius 1 is 0.615 bits per heavy atom. The van der Waals surface area contributed by atoms with E-state index < -0.39 is 0 Å². The van der Waals surface area contributed by atoms with Crippen LogP contribution in [0, 0.1) is 0 Å². The van der Waals surface area contributed by atoms with Crippen LogP contribution in [0.1, 0.15) is 0 Å². The van der Waals surface area contributed by atoms with E-state index in [-0.39, 0.29) is 11.5 Å². The molecule has 26 heavy (non-hydrogen) atoms. The van der Waals surface area contributed by atoms with Crippen LogP contribution in [0.5, 0.6) is 11.5 Å². The van der Waals surface area contributed by atoms with Crippen molar-refractivity contribution in [3.05, 3.63) is 84.9 Å². The quantitative estimate of drug-likeness (QED) is 0.428. The maximum Gasteiger partial charge on any atom is 0.143 e. The van der Waals surface area contributed by atoms with Crippen LogP contribution in [0.2, 0.25) is 0 Å². The molecule has 0 aliphatic heterocycles. The highest BCUT2D eigenvalue weighted by molar-refractivity contribution is 5.95. The van der Waals surface area contributed by atoms with Crippen LogP contribution in [0.25, 0.3) is 21.9 Å². The highest BCUT2D eigenvalue weighted by Gasteiger charge is 2.07. The molecule has 0 aliphatic carbocycles. The van der Waals surface area contributed by atoms with Crippen molar-refractivity contribution < 1.29 is 10.2 Å². The average Bonchev–Trinajstić information content (AvgIpc) is 2.69. The molecule has 0 heterocycles. The number of aromatic hydroxyl groups is 2. The second kappa shape index (κ2) is 6.69. The summed E-state index contributed by atoms with van der Waals surface area (Å²) in [5.41, 5.74) is 2.60. The van der Waals surface area contributed by atoms with Crippen LogP contribution in [0.4, 0.5) is 11.4 Å². The Kier molecular flexibility index (Phi) is 4.07. The molecule has 0 fully saturated rings. The monoisotopic (exact) mass is 340 g/mol. The van der Waals surface area contributed by atoms with Gasteiger partial charge in [-0.05, 0) is 35.2 Å². The number of phenols is 2. The Bertz CT molecular complexity index is 1110. The van der Waals surface area contributed by atoms with E-state index >= 15 is 0 Å². The summed E-state index contributed by atoms with van der Waals surface area (Å²) < 4.78 is 0. The van der Waals surface area contributed by atoms with Gasteiger partial charge >= 0.3 is 0 Å². The van der Waals surface area contributed by atoms with E-state index in [0.717, 1.165) is 16.3 Å². The molecule has 0 radical (unpaired) electrons. The number of hydrogen-bond acceptors (Lipinski definition) is 4. The third-order valence-corrected chi connectivity index (χ3v) is 4.21. The largest absolute Gasteiger partial charge is 0.507 e. The summed E-state index contributed by atoms with van der Waals surface area (Å²) in [6.45, 7) is 0. The van der Waals surface area contributed by atoms with Crippen LogP contribution in [-0.2, 0) is 0 Å². The molecule has 4 heteroatoms. The lowest BCUT2D eigenvalue weighted by Gasteiger charge is -2.06. The fourth-order valence-corrected chi connectivity index (χ4v) is 2.89. The summed E-state index contributed by atoms with van der Waals surface area (Å²) in [5.74, 6) is 0.262. The fourth-order valence-electron chi connectivity index (χ4n) is 2.89. The summed E-state index contributed by atoms with van der Waals surface area (Å²) in [4.78, 5) is 0. The molecule has 0 unspecified atom stereocenters. The average molecular weight is 340 g/mol. The molecule has 4 nitrogen and oxygen atoms in total. The second-order valence-corrected chi connectivity index (χ2v) is 5.92. The van der Waals surface area contributed by atoms with E-state index in [1.165, 1.54) is 0 Å². The van der Waals surface area contributed by atoms with Crippen molar-refractivity contribution >= 4 is 22.1 Å². The maximum absolute atomic E-state index is 10.2. The number of fused-ring (bicyclic) bond motifs is 1. The molecule has 0 saturated heterocycles. The number of phenolic OH excluding ortho intramolecular Hbond substituents is 2. The molecule has 0 atom stereocenters. The highest BCUT2D eigenvalue weighted by atomic mass is 16.3. The predicted molar refractivity (Wildman–Crippen MR) is 103 cm³/mol. The van der Waals surface area contributed by atoms with Crippen molar-refractivity contribution in [2.45, 2.75) is 0 Å². The first-order valence-electron chi connectivity index (χ1n) is 8.23. The van der Waals surface area contributed by atoms with Gasteiger partial charge in [0.25, 0.3) is 0 Å². The lowest BCUT2D eigenvalue weighted by atomic mass is 10.0. The van der Waals surface area contributed by atoms with E-state index in [9.17, 15) is 10.2 Å². The maximum atomic E-state index is 10.2. The number of azo groups is 1. The molecular weight excluding hydrogens is 324 g/mol. The van der Waals surface area contributed by atoms with Gasteiger partial charge in [0, 0.05) is 10.9 Å². The Morgan fingerprint density at radius 3 is 2.19 bits per heavy atom. The molecule has 4 aromatic rings. The van der Waals surface area contributed by atoms with Crippen molar-refractivity contribution in [2.24, 2.45) is 10.2 Å². The minimum Gasteiger partial charge on any atom is -0.507 e. The Labute approximate surface area is 150 Å². The third-order valence-electron chi connectivity index (χ3n) is 4.21. The molecule has 0 saturated carbocycles. The molecule has 0 bridgehead atoms. The summed E-state index contributed by atoms with van der Waals surface area (Å²) in [6.07, 6.45) is 0. The molecule has 0 spiro atoms. The predicted octanol–water partition coefficient (Wildman–Crippen LogP) is 6.33. The smallest absolute Gasteiger partial charge is 0.143 e. The summed E-state index contributed by atoms with van der Waals surface area (Å²) in [7, 11) is 0. The minimum absolute atomic E-state index is 0.0783. The highest BCUT2D eigenvalue weighted by Crippen LogP contribution is 2.37. The molecule has 126 valence electrons. The van der Waals surface area contributed by atoms with Gasteiger partial charge in [-0.2, -0.15) is 5.11 Å². The Balaban J connectivity index is 1.76. The molecule has 4 aromatic carbocycles. The van der Waals surface area contributed by atoms with Gasteiger partial charge in [0.05, 0.1) is 5.69 Å². The van der Waals surface area contributed by atoms with E-state index in [2.05, 4.69) is 10.2 Å².